The molecule has 4 aromatic rings. The number of ether oxygens (including phenoxy) is 3. The zero-order valence-electron chi connectivity index (χ0n) is 15.9. The van der Waals surface area contributed by atoms with Crippen LogP contribution in [0.2, 0.25) is 0 Å². The molecule has 8 heteroatoms. The van der Waals surface area contributed by atoms with Crippen molar-refractivity contribution >= 4 is 32.9 Å². The van der Waals surface area contributed by atoms with E-state index in [4.69, 9.17) is 23.0 Å². The van der Waals surface area contributed by atoms with Gasteiger partial charge in [0.1, 0.15) is 17.1 Å². The van der Waals surface area contributed by atoms with Crippen molar-refractivity contribution in [3.63, 3.8) is 0 Å². The fraction of sp³-hybridized carbons (Fsp3) is 0.0909. The molecule has 0 aliphatic heterocycles. The van der Waals surface area contributed by atoms with E-state index in [2.05, 4.69) is 15.9 Å². The Hall–Kier alpha value is -3.52. The number of fused-ring (bicyclic) bond motifs is 1. The van der Waals surface area contributed by atoms with Gasteiger partial charge in [0.05, 0.1) is 25.2 Å². The van der Waals surface area contributed by atoms with Crippen LogP contribution in [-0.4, -0.2) is 20.2 Å². The third-order valence-corrected chi connectivity index (χ3v) is 4.76. The van der Waals surface area contributed by atoms with Crippen molar-refractivity contribution in [1.29, 1.82) is 0 Å². The molecule has 0 radical (unpaired) electrons. The molecular formula is C22H15BrO7. The minimum Gasteiger partial charge on any atom is -0.497 e. The van der Waals surface area contributed by atoms with Gasteiger partial charge in [0.25, 0.3) is 0 Å². The third kappa shape index (κ3) is 3.69. The number of methoxy groups -OCH3 is 2. The maximum atomic E-state index is 13.1. The SMILES string of the molecule is COc1cc(OC)cc(C(=O)Oc2c(-c3ccc(Br)o3)oc3ccccc3c2=O)c1. The van der Waals surface area contributed by atoms with Crippen molar-refractivity contribution in [2.75, 3.05) is 14.2 Å². The van der Waals surface area contributed by atoms with Crippen LogP contribution < -0.4 is 19.6 Å². The van der Waals surface area contributed by atoms with Crippen LogP contribution in [0.4, 0.5) is 0 Å². The van der Waals surface area contributed by atoms with E-state index >= 15 is 0 Å². The van der Waals surface area contributed by atoms with Crippen molar-refractivity contribution in [2.45, 2.75) is 0 Å². The van der Waals surface area contributed by atoms with E-state index < -0.39 is 11.4 Å². The van der Waals surface area contributed by atoms with E-state index in [0.29, 0.717) is 21.8 Å². The Bertz CT molecular complexity index is 1280. The maximum Gasteiger partial charge on any atom is 0.344 e. The second kappa shape index (κ2) is 8.08. The minimum atomic E-state index is -0.776. The fourth-order valence-corrected chi connectivity index (χ4v) is 3.20. The molecule has 0 amide bonds. The van der Waals surface area contributed by atoms with Crippen molar-refractivity contribution < 1.29 is 27.8 Å². The predicted molar refractivity (Wildman–Crippen MR) is 112 cm³/mol. The number of carbonyl (C=O) groups is 1. The quantitative estimate of drug-likeness (QED) is 0.377. The normalized spacial score (nSPS) is 10.8. The Kier molecular flexibility index (Phi) is 5.33. The van der Waals surface area contributed by atoms with Gasteiger partial charge in [-0.3, -0.25) is 4.79 Å². The van der Waals surface area contributed by atoms with Crippen molar-refractivity contribution in [2.24, 2.45) is 0 Å². The molecule has 0 fully saturated rings. The molecule has 2 aromatic carbocycles. The monoisotopic (exact) mass is 470 g/mol. The van der Waals surface area contributed by atoms with Crippen LogP contribution in [0.15, 0.2) is 72.9 Å². The first-order valence-corrected chi connectivity index (χ1v) is 9.56. The Morgan fingerprint density at radius 1 is 0.933 bits per heavy atom. The van der Waals surface area contributed by atoms with Gasteiger partial charge in [0.2, 0.25) is 16.9 Å². The van der Waals surface area contributed by atoms with E-state index in [1.807, 2.05) is 0 Å². The molecule has 0 spiro atoms. The molecule has 4 rings (SSSR count). The average molecular weight is 471 g/mol. The van der Waals surface area contributed by atoms with Crippen molar-refractivity contribution in [3.8, 4) is 28.8 Å². The number of hydrogen-bond acceptors (Lipinski definition) is 7. The van der Waals surface area contributed by atoms with Crippen molar-refractivity contribution in [3.05, 3.63) is 75.1 Å². The standard InChI is InChI=1S/C22H15BrO7/c1-26-13-9-12(10-14(11-13)27-2)22(25)30-21-19(24)15-5-3-4-6-16(15)29-20(21)17-7-8-18(23)28-17/h3-11H,1-2H3. The number of benzene rings is 2. The second-order valence-electron chi connectivity index (χ2n) is 6.18. The molecular weight excluding hydrogens is 456 g/mol. The van der Waals surface area contributed by atoms with E-state index in [-0.39, 0.29) is 28.2 Å². The highest BCUT2D eigenvalue weighted by atomic mass is 79.9. The summed E-state index contributed by atoms with van der Waals surface area (Å²) in [5.41, 5.74) is -0.0132. The van der Waals surface area contributed by atoms with Crippen LogP contribution in [0.3, 0.4) is 0 Å². The first-order valence-electron chi connectivity index (χ1n) is 8.77. The molecule has 2 heterocycles. The lowest BCUT2D eigenvalue weighted by atomic mass is 10.1. The summed E-state index contributed by atoms with van der Waals surface area (Å²) < 4.78 is 27.7. The van der Waals surface area contributed by atoms with Gasteiger partial charge in [-0.25, -0.2) is 4.79 Å². The van der Waals surface area contributed by atoms with Gasteiger partial charge in [-0.1, -0.05) is 12.1 Å². The summed E-state index contributed by atoms with van der Waals surface area (Å²) in [5, 5.41) is 0.276. The summed E-state index contributed by atoms with van der Waals surface area (Å²) >= 11 is 3.22. The highest BCUT2D eigenvalue weighted by Gasteiger charge is 2.24. The predicted octanol–water partition coefficient (Wildman–Crippen LogP) is 5.05. The first-order chi connectivity index (χ1) is 14.5. The molecule has 0 aliphatic rings. The second-order valence-corrected chi connectivity index (χ2v) is 6.96. The first kappa shape index (κ1) is 19.8. The Labute approximate surface area is 178 Å². The van der Waals surface area contributed by atoms with Gasteiger partial charge in [-0.15, -0.1) is 0 Å². The molecule has 0 unspecified atom stereocenters. The van der Waals surface area contributed by atoms with E-state index in [9.17, 15) is 9.59 Å². The number of halogens is 1. The van der Waals surface area contributed by atoms with Crippen LogP contribution in [0.1, 0.15) is 10.4 Å². The lowest BCUT2D eigenvalue weighted by molar-refractivity contribution is 0.0730. The van der Waals surface area contributed by atoms with Gasteiger partial charge in [0.15, 0.2) is 10.4 Å². The van der Waals surface area contributed by atoms with Crippen LogP contribution in [0, 0.1) is 0 Å². The summed E-state index contributed by atoms with van der Waals surface area (Å²) in [7, 11) is 2.93. The third-order valence-electron chi connectivity index (χ3n) is 4.34. The lowest BCUT2D eigenvalue weighted by Crippen LogP contribution is -2.16. The van der Waals surface area contributed by atoms with Gasteiger partial charge < -0.3 is 23.0 Å². The van der Waals surface area contributed by atoms with Gasteiger partial charge in [-0.05, 0) is 52.3 Å². The lowest BCUT2D eigenvalue weighted by Gasteiger charge is -2.10. The topological polar surface area (TPSA) is 88.1 Å². The Balaban J connectivity index is 1.85. The molecule has 0 atom stereocenters. The number of esters is 1. The van der Waals surface area contributed by atoms with Crippen LogP contribution in [0.5, 0.6) is 17.2 Å². The number of hydrogen-bond donors (Lipinski definition) is 0. The number of furan rings is 1. The number of rotatable bonds is 5. The van der Waals surface area contributed by atoms with Crippen LogP contribution in [-0.2, 0) is 0 Å². The highest BCUT2D eigenvalue weighted by Crippen LogP contribution is 2.34. The van der Waals surface area contributed by atoms with Crippen LogP contribution in [0.25, 0.3) is 22.5 Å². The minimum absolute atomic E-state index is 0.00705. The maximum absolute atomic E-state index is 13.1. The number of carbonyl (C=O) groups excluding carboxylic acids is 1. The molecule has 7 nitrogen and oxygen atoms in total. The summed E-state index contributed by atoms with van der Waals surface area (Å²) in [6.45, 7) is 0. The zero-order chi connectivity index (χ0) is 21.3. The fourth-order valence-electron chi connectivity index (χ4n) is 2.89. The molecule has 2 aromatic heterocycles. The molecule has 30 heavy (non-hydrogen) atoms. The van der Waals surface area contributed by atoms with Gasteiger partial charge >= 0.3 is 5.97 Å². The molecule has 0 aliphatic carbocycles. The average Bonchev–Trinajstić information content (AvgIpc) is 3.21. The summed E-state index contributed by atoms with van der Waals surface area (Å²) in [4.78, 5) is 26.0. The van der Waals surface area contributed by atoms with E-state index in [0.717, 1.165) is 0 Å². The largest absolute Gasteiger partial charge is 0.497 e. The Morgan fingerprint density at radius 2 is 1.63 bits per heavy atom. The highest BCUT2D eigenvalue weighted by molar-refractivity contribution is 9.10. The van der Waals surface area contributed by atoms with Gasteiger partial charge in [0, 0.05) is 6.07 Å². The van der Waals surface area contributed by atoms with Crippen LogP contribution >= 0.6 is 15.9 Å². The van der Waals surface area contributed by atoms with Gasteiger partial charge in [-0.2, -0.15) is 0 Å². The molecule has 0 bridgehead atoms. The summed E-state index contributed by atoms with van der Waals surface area (Å²) in [5.74, 6) is -0.00331. The number of para-hydroxylation sites is 1. The van der Waals surface area contributed by atoms with E-state index in [1.165, 1.54) is 26.4 Å². The van der Waals surface area contributed by atoms with Crippen molar-refractivity contribution in [1.82, 2.24) is 0 Å². The Morgan fingerprint density at radius 3 is 2.27 bits per heavy atom. The molecule has 0 saturated heterocycles. The summed E-state index contributed by atoms with van der Waals surface area (Å²) in [6, 6.07) is 14.5. The molecule has 0 saturated carbocycles. The molecule has 0 N–H and O–H groups in total. The van der Waals surface area contributed by atoms with E-state index in [1.54, 1.807) is 42.5 Å². The summed E-state index contributed by atoms with van der Waals surface area (Å²) in [6.07, 6.45) is 0. The smallest absolute Gasteiger partial charge is 0.344 e. The zero-order valence-corrected chi connectivity index (χ0v) is 17.5. The molecule has 152 valence electrons.